The molecule has 1 aliphatic rings. The smallest absolute Gasteiger partial charge is 0.266 e. The Hall–Kier alpha value is -2.06. The van der Waals surface area contributed by atoms with E-state index in [1.54, 1.807) is 11.3 Å². The van der Waals surface area contributed by atoms with Gasteiger partial charge in [-0.15, -0.1) is 22.7 Å². The average Bonchev–Trinajstić information content (AvgIpc) is 3.40. The highest BCUT2D eigenvalue weighted by atomic mass is 32.1. The molecule has 0 spiro atoms. The number of carbonyl (C=O) groups excluding carboxylic acids is 1. The van der Waals surface area contributed by atoms with Gasteiger partial charge in [0.1, 0.15) is 5.00 Å². The predicted octanol–water partition coefficient (Wildman–Crippen LogP) is 4.80. The molecule has 7 heteroatoms. The fraction of sp³-hybridized carbons (Fsp3) is 0.391. The van der Waals surface area contributed by atoms with Crippen molar-refractivity contribution in [2.24, 2.45) is 0 Å². The Labute approximate surface area is 186 Å². The van der Waals surface area contributed by atoms with Gasteiger partial charge in [-0.3, -0.25) is 14.7 Å². The number of nitrogens with one attached hydrogen (secondary N) is 1. The van der Waals surface area contributed by atoms with Gasteiger partial charge < -0.3 is 10.2 Å². The second-order valence-corrected chi connectivity index (χ2v) is 9.76. The van der Waals surface area contributed by atoms with Crippen molar-refractivity contribution < 1.29 is 4.79 Å². The van der Waals surface area contributed by atoms with Crippen LogP contribution in [-0.2, 0) is 0 Å². The van der Waals surface area contributed by atoms with Gasteiger partial charge in [-0.25, -0.2) is 0 Å². The van der Waals surface area contributed by atoms with Crippen molar-refractivity contribution in [3.05, 3.63) is 68.5 Å². The lowest BCUT2D eigenvalue weighted by Gasteiger charge is -2.39. The number of likely N-dealkylation sites (N-methyl/N-ethyl adjacent to an activating group) is 1. The predicted molar refractivity (Wildman–Crippen MR) is 126 cm³/mol. The van der Waals surface area contributed by atoms with Gasteiger partial charge in [-0.2, -0.15) is 0 Å². The van der Waals surface area contributed by atoms with E-state index in [0.29, 0.717) is 0 Å². The fourth-order valence-corrected chi connectivity index (χ4v) is 5.74. The van der Waals surface area contributed by atoms with Crippen LogP contribution in [0.3, 0.4) is 0 Å². The number of hydrogen-bond acceptors (Lipinski definition) is 6. The number of pyridine rings is 1. The number of rotatable bonds is 6. The first kappa shape index (κ1) is 21.2. The van der Waals surface area contributed by atoms with Gasteiger partial charge in [0.25, 0.3) is 5.91 Å². The monoisotopic (exact) mass is 440 g/mol. The second kappa shape index (κ2) is 9.39. The summed E-state index contributed by atoms with van der Waals surface area (Å²) in [6.07, 6.45) is 1.86. The molecule has 0 aromatic carbocycles. The molecular formula is C23H28N4OS2. The maximum atomic E-state index is 12.8. The fourth-order valence-electron chi connectivity index (χ4n) is 4.03. The highest BCUT2D eigenvalue weighted by molar-refractivity contribution is 7.17. The highest BCUT2D eigenvalue weighted by Crippen LogP contribution is 2.42. The zero-order valence-electron chi connectivity index (χ0n) is 17.7. The number of nitrogens with zero attached hydrogens (tertiary/aromatic N) is 3. The van der Waals surface area contributed by atoms with E-state index in [9.17, 15) is 4.79 Å². The minimum atomic E-state index is -0.0388. The number of amides is 1. The van der Waals surface area contributed by atoms with Crippen molar-refractivity contribution >= 4 is 33.6 Å². The van der Waals surface area contributed by atoms with Crippen molar-refractivity contribution in [1.82, 2.24) is 14.8 Å². The molecule has 1 aliphatic heterocycles. The summed E-state index contributed by atoms with van der Waals surface area (Å²) in [5.41, 5.74) is 3.47. The number of hydrogen-bond donors (Lipinski definition) is 1. The molecule has 30 heavy (non-hydrogen) atoms. The van der Waals surface area contributed by atoms with E-state index < -0.39 is 0 Å². The average molecular weight is 441 g/mol. The van der Waals surface area contributed by atoms with E-state index in [-0.39, 0.29) is 11.9 Å². The Balaban J connectivity index is 1.72. The third-order valence-electron chi connectivity index (χ3n) is 5.86. The molecule has 158 valence electrons. The number of thiophene rings is 2. The Morgan fingerprint density at radius 3 is 2.60 bits per heavy atom. The quantitative estimate of drug-likeness (QED) is 0.598. The zero-order chi connectivity index (χ0) is 21.1. The van der Waals surface area contributed by atoms with E-state index in [2.05, 4.69) is 48.0 Å². The Morgan fingerprint density at radius 1 is 1.17 bits per heavy atom. The van der Waals surface area contributed by atoms with Crippen LogP contribution in [0.4, 0.5) is 5.00 Å². The molecule has 4 heterocycles. The summed E-state index contributed by atoms with van der Waals surface area (Å²) < 4.78 is 0. The van der Waals surface area contributed by atoms with Crippen LogP contribution in [0.1, 0.15) is 44.3 Å². The number of anilines is 1. The van der Waals surface area contributed by atoms with Gasteiger partial charge in [0.2, 0.25) is 0 Å². The lowest BCUT2D eigenvalue weighted by atomic mass is 9.97. The molecule has 1 fully saturated rings. The molecule has 1 atom stereocenters. The van der Waals surface area contributed by atoms with E-state index >= 15 is 0 Å². The molecule has 0 bridgehead atoms. The molecule has 0 unspecified atom stereocenters. The summed E-state index contributed by atoms with van der Waals surface area (Å²) in [5, 5.41) is 6.09. The van der Waals surface area contributed by atoms with Gasteiger partial charge in [0.05, 0.1) is 16.6 Å². The highest BCUT2D eigenvalue weighted by Gasteiger charge is 2.32. The Kier molecular flexibility index (Phi) is 6.63. The normalized spacial score (nSPS) is 16.5. The molecule has 4 rings (SSSR count). The summed E-state index contributed by atoms with van der Waals surface area (Å²) in [6.45, 7) is 11.7. The van der Waals surface area contributed by atoms with Crippen LogP contribution in [0.5, 0.6) is 0 Å². The third-order valence-corrected chi connectivity index (χ3v) is 7.87. The van der Waals surface area contributed by atoms with Gasteiger partial charge in [-0.05, 0) is 49.5 Å². The van der Waals surface area contributed by atoms with E-state index in [1.807, 2.05) is 29.8 Å². The molecule has 5 nitrogen and oxygen atoms in total. The van der Waals surface area contributed by atoms with Crippen molar-refractivity contribution in [3.8, 4) is 0 Å². The third kappa shape index (κ3) is 4.34. The zero-order valence-corrected chi connectivity index (χ0v) is 19.4. The number of carbonyl (C=O) groups is 1. The molecule has 0 aliphatic carbocycles. The Morgan fingerprint density at radius 2 is 1.97 bits per heavy atom. The van der Waals surface area contributed by atoms with Crippen LogP contribution in [-0.4, -0.2) is 53.4 Å². The first-order valence-electron chi connectivity index (χ1n) is 10.4. The molecule has 3 aromatic heterocycles. The minimum absolute atomic E-state index is 0.0359. The van der Waals surface area contributed by atoms with Crippen LogP contribution in [0, 0.1) is 13.8 Å². The topological polar surface area (TPSA) is 48.5 Å². The first-order chi connectivity index (χ1) is 14.6. The molecule has 3 aromatic rings. The number of aryl methyl sites for hydroxylation is 1. The SMILES string of the molecule is CCN1CCN([C@@H](c2ccccn2)c2c(NC(=O)c3cccs3)sc(C)c2C)CC1. The number of piperazine rings is 1. The van der Waals surface area contributed by atoms with E-state index in [4.69, 9.17) is 4.98 Å². The van der Waals surface area contributed by atoms with Gasteiger partial charge in [-0.1, -0.05) is 19.1 Å². The maximum Gasteiger partial charge on any atom is 0.266 e. The summed E-state index contributed by atoms with van der Waals surface area (Å²) in [4.78, 5) is 24.5. The standard InChI is InChI=1S/C23H28N4OS2/c1-4-26-11-13-27(14-12-26)21(18-8-5-6-10-24-18)20-16(2)17(3)30-23(20)25-22(28)19-9-7-15-29-19/h5-10,15,21H,4,11-14H2,1-3H3,(H,25,28)/t21-/m0/s1. The molecule has 1 saturated heterocycles. The summed E-state index contributed by atoms with van der Waals surface area (Å²) >= 11 is 3.13. The van der Waals surface area contributed by atoms with Crippen LogP contribution in [0.15, 0.2) is 41.9 Å². The van der Waals surface area contributed by atoms with Gasteiger partial charge in [0, 0.05) is 42.8 Å². The first-order valence-corrected chi connectivity index (χ1v) is 12.1. The van der Waals surface area contributed by atoms with Crippen LogP contribution < -0.4 is 5.32 Å². The summed E-state index contributed by atoms with van der Waals surface area (Å²) in [5.74, 6) is -0.0388. The van der Waals surface area contributed by atoms with Crippen LogP contribution in [0.2, 0.25) is 0 Å². The second-order valence-electron chi connectivity index (χ2n) is 7.58. The molecule has 0 radical (unpaired) electrons. The number of aromatic nitrogens is 1. The minimum Gasteiger partial charge on any atom is -0.313 e. The molecular weight excluding hydrogens is 412 g/mol. The van der Waals surface area contributed by atoms with E-state index in [0.717, 1.165) is 48.3 Å². The lowest BCUT2D eigenvalue weighted by molar-refractivity contribution is 0.102. The molecule has 1 N–H and O–H groups in total. The van der Waals surface area contributed by atoms with Gasteiger partial charge in [0.15, 0.2) is 0 Å². The van der Waals surface area contributed by atoms with Crippen molar-refractivity contribution in [2.75, 3.05) is 38.0 Å². The Bertz CT molecular complexity index is 976. The van der Waals surface area contributed by atoms with Crippen molar-refractivity contribution in [2.45, 2.75) is 26.8 Å². The van der Waals surface area contributed by atoms with Crippen LogP contribution >= 0.6 is 22.7 Å². The molecule has 1 amide bonds. The largest absolute Gasteiger partial charge is 0.313 e. The lowest BCUT2D eigenvalue weighted by Crippen LogP contribution is -2.47. The molecule has 0 saturated carbocycles. The van der Waals surface area contributed by atoms with Crippen molar-refractivity contribution in [1.29, 1.82) is 0 Å². The maximum absolute atomic E-state index is 12.8. The van der Waals surface area contributed by atoms with Crippen molar-refractivity contribution in [3.63, 3.8) is 0 Å². The van der Waals surface area contributed by atoms with E-state index in [1.165, 1.54) is 27.3 Å². The summed E-state index contributed by atoms with van der Waals surface area (Å²) in [6, 6.07) is 9.93. The van der Waals surface area contributed by atoms with Gasteiger partial charge >= 0.3 is 0 Å². The summed E-state index contributed by atoms with van der Waals surface area (Å²) in [7, 11) is 0. The van der Waals surface area contributed by atoms with Crippen LogP contribution in [0.25, 0.3) is 0 Å².